The topological polar surface area (TPSA) is 42.0 Å². The lowest BCUT2D eigenvalue weighted by molar-refractivity contribution is -0.139. The Labute approximate surface area is 175 Å². The highest BCUT2D eigenvalue weighted by atomic mass is 19.1. The molecule has 0 bridgehead atoms. The average molecular weight is 426 g/mol. The van der Waals surface area contributed by atoms with E-state index in [-0.39, 0.29) is 17.9 Å². The van der Waals surface area contributed by atoms with Crippen LogP contribution < -0.4 is 4.74 Å². The zero-order chi connectivity index (χ0) is 21.3. The van der Waals surface area contributed by atoms with Gasteiger partial charge in [-0.25, -0.2) is 13.2 Å². The molecule has 1 aromatic rings. The number of amides is 1. The number of hydrogen-bond donors (Lipinski definition) is 0. The number of carbonyl (C=O) groups is 1. The van der Waals surface area contributed by atoms with E-state index >= 15 is 0 Å². The van der Waals surface area contributed by atoms with Gasteiger partial charge in [-0.2, -0.15) is 0 Å². The van der Waals surface area contributed by atoms with Crippen LogP contribution in [-0.2, 0) is 9.53 Å². The van der Waals surface area contributed by atoms with E-state index in [2.05, 4.69) is 11.8 Å². The number of hydrogen-bond acceptors (Lipinski definition) is 4. The minimum atomic E-state index is -1.04. The molecule has 2 unspecified atom stereocenters. The van der Waals surface area contributed by atoms with Gasteiger partial charge in [-0.1, -0.05) is 0 Å². The molecule has 3 fully saturated rings. The molecule has 166 valence electrons. The smallest absolute Gasteiger partial charge is 0.225 e. The number of likely N-dealkylation sites (tertiary alicyclic amines) is 2. The number of benzene rings is 1. The second kappa shape index (κ2) is 9.14. The second-order valence-electron chi connectivity index (χ2n) is 8.58. The molecule has 3 saturated heterocycles. The maximum absolute atomic E-state index is 13.8. The molecule has 5 nitrogen and oxygen atoms in total. The third-order valence-electron chi connectivity index (χ3n) is 6.69. The molecule has 1 amide bonds. The van der Waals surface area contributed by atoms with Crippen LogP contribution in [-0.4, -0.2) is 66.7 Å². The molecular formula is C22H29F3N2O3. The Morgan fingerprint density at radius 1 is 1.00 bits per heavy atom. The molecule has 0 N–H and O–H groups in total. The number of piperidine rings is 2. The summed E-state index contributed by atoms with van der Waals surface area (Å²) in [7, 11) is 0. The first-order chi connectivity index (χ1) is 14.4. The fourth-order valence-corrected chi connectivity index (χ4v) is 4.94. The van der Waals surface area contributed by atoms with E-state index < -0.39 is 29.3 Å². The zero-order valence-electron chi connectivity index (χ0n) is 17.3. The molecular weight excluding hydrogens is 397 g/mol. The van der Waals surface area contributed by atoms with Crippen LogP contribution in [0.15, 0.2) is 12.1 Å². The molecule has 1 aromatic carbocycles. The van der Waals surface area contributed by atoms with E-state index in [0.717, 1.165) is 39.0 Å². The summed E-state index contributed by atoms with van der Waals surface area (Å²) in [6.45, 7) is 5.76. The summed E-state index contributed by atoms with van der Waals surface area (Å²) in [6.07, 6.45) is 3.62. The molecule has 30 heavy (non-hydrogen) atoms. The lowest BCUT2D eigenvalue weighted by Crippen LogP contribution is -2.49. The Kier molecular flexibility index (Phi) is 6.53. The van der Waals surface area contributed by atoms with Gasteiger partial charge in [0.1, 0.15) is 11.9 Å². The molecule has 2 atom stereocenters. The molecule has 8 heteroatoms. The minimum absolute atomic E-state index is 0.0309. The summed E-state index contributed by atoms with van der Waals surface area (Å²) in [6, 6.07) is 1.69. The van der Waals surface area contributed by atoms with Crippen molar-refractivity contribution in [2.45, 2.75) is 57.3 Å². The van der Waals surface area contributed by atoms with Crippen molar-refractivity contribution in [3.8, 4) is 5.75 Å². The van der Waals surface area contributed by atoms with Crippen LogP contribution in [0.2, 0.25) is 0 Å². The maximum atomic E-state index is 13.8. The molecule has 3 heterocycles. The highest BCUT2D eigenvalue weighted by Crippen LogP contribution is 2.29. The number of halogens is 3. The molecule has 0 spiro atoms. The van der Waals surface area contributed by atoms with Gasteiger partial charge < -0.3 is 14.4 Å². The van der Waals surface area contributed by atoms with Gasteiger partial charge in [0.25, 0.3) is 0 Å². The van der Waals surface area contributed by atoms with Gasteiger partial charge in [0.15, 0.2) is 17.4 Å². The fraction of sp³-hybridized carbons (Fsp3) is 0.682. The molecule has 0 radical (unpaired) electrons. The molecule has 3 aliphatic heterocycles. The predicted octanol–water partition coefficient (Wildman–Crippen LogP) is 3.36. The van der Waals surface area contributed by atoms with E-state index in [1.165, 1.54) is 0 Å². The lowest BCUT2D eigenvalue weighted by atomic mass is 9.92. The third kappa shape index (κ3) is 4.59. The largest absolute Gasteiger partial charge is 0.484 e. The first-order valence-electron chi connectivity index (χ1n) is 10.9. The predicted molar refractivity (Wildman–Crippen MR) is 105 cm³/mol. The number of rotatable bonds is 4. The molecule has 0 aliphatic carbocycles. The second-order valence-corrected chi connectivity index (χ2v) is 8.58. The summed E-state index contributed by atoms with van der Waals surface area (Å²) in [4.78, 5) is 17.2. The fourth-order valence-electron chi connectivity index (χ4n) is 4.94. The molecule has 3 aliphatic rings. The van der Waals surface area contributed by atoms with Crippen molar-refractivity contribution < 1.29 is 27.4 Å². The highest BCUT2D eigenvalue weighted by molar-refractivity contribution is 5.79. The summed E-state index contributed by atoms with van der Waals surface area (Å²) in [5, 5.41) is 0. The van der Waals surface area contributed by atoms with Gasteiger partial charge in [-0.3, -0.25) is 9.69 Å². The monoisotopic (exact) mass is 426 g/mol. The quantitative estimate of drug-likeness (QED) is 0.741. The zero-order valence-corrected chi connectivity index (χ0v) is 17.3. The van der Waals surface area contributed by atoms with Gasteiger partial charge in [0.2, 0.25) is 5.91 Å². The van der Waals surface area contributed by atoms with Gasteiger partial charge in [0.05, 0.1) is 6.10 Å². The van der Waals surface area contributed by atoms with Crippen LogP contribution in [0, 0.1) is 23.4 Å². The number of ether oxygens (including phenoxy) is 2. The number of carbonyl (C=O) groups excluding carboxylic acids is 1. The Balaban J connectivity index is 1.25. The van der Waals surface area contributed by atoms with Crippen LogP contribution in [0.25, 0.3) is 0 Å². The SMILES string of the molecule is CC1OCCC1N1CCC(C(=O)N2CCC(Oc3c(F)cc(F)cc3F)CC2)CC1. The van der Waals surface area contributed by atoms with Crippen LogP contribution in [0.4, 0.5) is 13.2 Å². The van der Waals surface area contributed by atoms with E-state index in [0.29, 0.717) is 44.1 Å². The average Bonchev–Trinajstić information content (AvgIpc) is 3.16. The van der Waals surface area contributed by atoms with E-state index in [1.54, 1.807) is 0 Å². The van der Waals surface area contributed by atoms with Crippen molar-refractivity contribution in [1.29, 1.82) is 0 Å². The highest BCUT2D eigenvalue weighted by Gasteiger charge is 2.36. The summed E-state index contributed by atoms with van der Waals surface area (Å²) in [5.74, 6) is -3.40. The normalized spacial score (nSPS) is 26.9. The van der Waals surface area contributed by atoms with Crippen molar-refractivity contribution >= 4 is 5.91 Å². The first kappa shape index (κ1) is 21.4. The summed E-state index contributed by atoms with van der Waals surface area (Å²) < 4.78 is 51.8. The Morgan fingerprint density at radius 3 is 2.20 bits per heavy atom. The van der Waals surface area contributed by atoms with Gasteiger partial charge in [0, 0.05) is 56.6 Å². The van der Waals surface area contributed by atoms with E-state index in [9.17, 15) is 18.0 Å². The minimum Gasteiger partial charge on any atom is -0.484 e. The van der Waals surface area contributed by atoms with Crippen molar-refractivity contribution in [1.82, 2.24) is 9.80 Å². The van der Waals surface area contributed by atoms with Crippen LogP contribution >= 0.6 is 0 Å². The first-order valence-corrected chi connectivity index (χ1v) is 10.9. The van der Waals surface area contributed by atoms with Crippen molar-refractivity contribution in [3.05, 3.63) is 29.6 Å². The van der Waals surface area contributed by atoms with Crippen molar-refractivity contribution in [3.63, 3.8) is 0 Å². The van der Waals surface area contributed by atoms with Crippen molar-refractivity contribution in [2.75, 3.05) is 32.8 Å². The summed E-state index contributed by atoms with van der Waals surface area (Å²) >= 11 is 0. The van der Waals surface area contributed by atoms with E-state index in [4.69, 9.17) is 9.47 Å². The molecule has 0 saturated carbocycles. The maximum Gasteiger partial charge on any atom is 0.225 e. The standard InChI is InChI=1S/C22H29F3N2O3/c1-14-20(6-11-29-14)26-7-2-15(3-8-26)22(28)27-9-4-17(5-10-27)30-21-18(24)12-16(23)13-19(21)25/h12-15,17,20H,2-11H2,1H3. The lowest BCUT2D eigenvalue weighted by Gasteiger charge is -2.39. The van der Waals surface area contributed by atoms with Crippen LogP contribution in [0.5, 0.6) is 5.75 Å². The summed E-state index contributed by atoms with van der Waals surface area (Å²) in [5.41, 5.74) is 0. The Morgan fingerprint density at radius 2 is 1.63 bits per heavy atom. The van der Waals surface area contributed by atoms with Gasteiger partial charge in [-0.15, -0.1) is 0 Å². The molecule has 0 aromatic heterocycles. The third-order valence-corrected chi connectivity index (χ3v) is 6.69. The molecule has 4 rings (SSSR count). The van der Waals surface area contributed by atoms with Crippen molar-refractivity contribution in [2.24, 2.45) is 5.92 Å². The van der Waals surface area contributed by atoms with Crippen LogP contribution in [0.3, 0.4) is 0 Å². The van der Waals surface area contributed by atoms with Crippen LogP contribution in [0.1, 0.15) is 39.0 Å². The Hall–Kier alpha value is -1.80. The van der Waals surface area contributed by atoms with Gasteiger partial charge in [-0.05, 0) is 39.3 Å². The number of nitrogens with zero attached hydrogens (tertiary/aromatic N) is 2. The van der Waals surface area contributed by atoms with E-state index in [1.807, 2.05) is 4.90 Å². The Bertz CT molecular complexity index is 739. The van der Waals surface area contributed by atoms with Gasteiger partial charge >= 0.3 is 0 Å².